The molecule has 1 aromatic heterocycles. The van der Waals surface area contributed by atoms with Crippen LogP contribution in [0.1, 0.15) is 30.7 Å². The first-order valence-electron chi connectivity index (χ1n) is 4.22. The maximum absolute atomic E-state index is 9.56. The van der Waals surface area contributed by atoms with Gasteiger partial charge in [-0.05, 0) is 17.9 Å². The van der Waals surface area contributed by atoms with Crippen molar-refractivity contribution in [2.75, 3.05) is 0 Å². The molecule has 1 heterocycles. The third kappa shape index (κ3) is 2.80. The lowest BCUT2D eigenvalue weighted by molar-refractivity contribution is 0.232. The van der Waals surface area contributed by atoms with E-state index in [2.05, 4.69) is 6.92 Å². The molecule has 0 fully saturated rings. The van der Waals surface area contributed by atoms with Crippen LogP contribution in [0.5, 0.6) is 0 Å². The van der Waals surface area contributed by atoms with Crippen LogP contribution in [0.15, 0.2) is 29.7 Å². The summed E-state index contributed by atoms with van der Waals surface area (Å²) in [6.45, 7) is 2.13. The normalized spacial score (nSPS) is 13.8. The zero-order valence-electron chi connectivity index (χ0n) is 7.23. The van der Waals surface area contributed by atoms with Crippen molar-refractivity contribution in [3.8, 4) is 0 Å². The van der Waals surface area contributed by atoms with E-state index in [-0.39, 0.29) is 0 Å². The number of unbranched alkanes of at least 4 members (excludes halogenated alkanes) is 1. The molecule has 1 atom stereocenters. The van der Waals surface area contributed by atoms with Gasteiger partial charge in [0.2, 0.25) is 0 Å². The van der Waals surface area contributed by atoms with Gasteiger partial charge in [0.25, 0.3) is 0 Å². The lowest BCUT2D eigenvalue weighted by Gasteiger charge is -2.00. The summed E-state index contributed by atoms with van der Waals surface area (Å²) in [6, 6.07) is 3.91. The average molecular weight is 182 g/mol. The summed E-state index contributed by atoms with van der Waals surface area (Å²) in [7, 11) is 0. The Bertz CT molecular complexity index is 226. The molecule has 12 heavy (non-hydrogen) atoms. The summed E-state index contributed by atoms with van der Waals surface area (Å²) < 4.78 is 0. The van der Waals surface area contributed by atoms with Crippen molar-refractivity contribution >= 4 is 11.3 Å². The van der Waals surface area contributed by atoms with Crippen LogP contribution in [0.4, 0.5) is 0 Å². The van der Waals surface area contributed by atoms with Crippen LogP contribution in [-0.2, 0) is 0 Å². The van der Waals surface area contributed by atoms with E-state index in [1.807, 2.05) is 29.7 Å². The van der Waals surface area contributed by atoms with Crippen molar-refractivity contribution < 1.29 is 5.11 Å². The number of allylic oxidation sites excluding steroid dienone is 1. The minimum Gasteiger partial charge on any atom is -0.383 e. The van der Waals surface area contributed by atoms with Gasteiger partial charge in [-0.3, -0.25) is 0 Å². The molecular weight excluding hydrogens is 168 g/mol. The minimum absolute atomic E-state index is 0.406. The van der Waals surface area contributed by atoms with Crippen LogP contribution >= 0.6 is 11.3 Å². The van der Waals surface area contributed by atoms with E-state index in [9.17, 15) is 5.11 Å². The molecule has 0 saturated heterocycles. The standard InChI is InChI=1S/C10H14OS/c1-2-3-4-6-9(11)10-7-5-8-12-10/h4-9,11H,2-3H2,1H3/b6-4+. The summed E-state index contributed by atoms with van der Waals surface area (Å²) in [5.41, 5.74) is 0. The van der Waals surface area contributed by atoms with Crippen LogP contribution < -0.4 is 0 Å². The van der Waals surface area contributed by atoms with Gasteiger partial charge in [-0.15, -0.1) is 11.3 Å². The molecule has 0 saturated carbocycles. The van der Waals surface area contributed by atoms with Crippen molar-refractivity contribution in [3.05, 3.63) is 34.5 Å². The Labute approximate surface area is 77.4 Å². The van der Waals surface area contributed by atoms with E-state index in [4.69, 9.17) is 0 Å². The number of hydrogen-bond acceptors (Lipinski definition) is 2. The fourth-order valence-corrected chi connectivity index (χ4v) is 1.64. The molecule has 1 unspecified atom stereocenters. The number of thiophene rings is 1. The third-order valence-electron chi connectivity index (χ3n) is 1.61. The largest absolute Gasteiger partial charge is 0.383 e. The number of rotatable bonds is 4. The van der Waals surface area contributed by atoms with Crippen LogP contribution in [-0.4, -0.2) is 5.11 Å². The molecule has 0 spiro atoms. The van der Waals surface area contributed by atoms with Gasteiger partial charge in [-0.1, -0.05) is 31.6 Å². The molecular formula is C10H14OS. The topological polar surface area (TPSA) is 20.2 Å². The predicted molar refractivity (Wildman–Crippen MR) is 53.3 cm³/mol. The Hall–Kier alpha value is -0.600. The molecule has 0 aliphatic rings. The number of aliphatic hydroxyl groups excluding tert-OH is 1. The summed E-state index contributed by atoms with van der Waals surface area (Å²) >= 11 is 1.59. The van der Waals surface area contributed by atoms with E-state index < -0.39 is 6.10 Å². The zero-order chi connectivity index (χ0) is 8.81. The number of hydrogen-bond donors (Lipinski definition) is 1. The Balaban J connectivity index is 2.44. The van der Waals surface area contributed by atoms with E-state index in [0.29, 0.717) is 0 Å². The first kappa shape index (κ1) is 9.49. The molecule has 1 aromatic rings. The minimum atomic E-state index is -0.406. The summed E-state index contributed by atoms with van der Waals surface area (Å²) in [5.74, 6) is 0. The third-order valence-corrected chi connectivity index (χ3v) is 2.55. The Morgan fingerprint density at radius 3 is 3.08 bits per heavy atom. The van der Waals surface area contributed by atoms with Crippen LogP contribution in [0.3, 0.4) is 0 Å². The average Bonchev–Trinajstić information content (AvgIpc) is 2.56. The SMILES string of the molecule is CCC/C=C/C(O)c1cccs1. The molecule has 0 aliphatic heterocycles. The second kappa shape index (κ2) is 5.12. The monoisotopic (exact) mass is 182 g/mol. The molecule has 0 amide bonds. The second-order valence-corrected chi connectivity index (χ2v) is 3.66. The van der Waals surface area contributed by atoms with Crippen LogP contribution in [0, 0.1) is 0 Å². The van der Waals surface area contributed by atoms with Crippen molar-refractivity contribution in [2.45, 2.75) is 25.9 Å². The van der Waals surface area contributed by atoms with Gasteiger partial charge < -0.3 is 5.11 Å². The first-order chi connectivity index (χ1) is 5.84. The first-order valence-corrected chi connectivity index (χ1v) is 5.10. The van der Waals surface area contributed by atoms with Crippen molar-refractivity contribution in [3.63, 3.8) is 0 Å². The highest BCUT2D eigenvalue weighted by molar-refractivity contribution is 7.10. The number of aliphatic hydroxyl groups is 1. The highest BCUT2D eigenvalue weighted by Crippen LogP contribution is 2.19. The summed E-state index contributed by atoms with van der Waals surface area (Å²) in [4.78, 5) is 1.02. The van der Waals surface area contributed by atoms with E-state index in [1.165, 1.54) is 0 Å². The summed E-state index contributed by atoms with van der Waals surface area (Å²) in [6.07, 6.45) is 5.66. The molecule has 1 nitrogen and oxygen atoms in total. The Morgan fingerprint density at radius 2 is 2.50 bits per heavy atom. The van der Waals surface area contributed by atoms with Gasteiger partial charge in [-0.2, -0.15) is 0 Å². The van der Waals surface area contributed by atoms with Crippen molar-refractivity contribution in [1.82, 2.24) is 0 Å². The molecule has 0 radical (unpaired) electrons. The quantitative estimate of drug-likeness (QED) is 0.709. The van der Waals surface area contributed by atoms with Gasteiger partial charge in [-0.25, -0.2) is 0 Å². The maximum Gasteiger partial charge on any atom is 0.106 e. The maximum atomic E-state index is 9.56. The molecule has 0 aliphatic carbocycles. The molecule has 0 aromatic carbocycles. The molecule has 2 heteroatoms. The van der Waals surface area contributed by atoms with Crippen molar-refractivity contribution in [2.24, 2.45) is 0 Å². The molecule has 0 bridgehead atoms. The lowest BCUT2D eigenvalue weighted by atomic mass is 10.2. The zero-order valence-corrected chi connectivity index (χ0v) is 8.05. The molecule has 1 rings (SSSR count). The Morgan fingerprint density at radius 1 is 1.67 bits per heavy atom. The lowest BCUT2D eigenvalue weighted by Crippen LogP contribution is -1.87. The van der Waals surface area contributed by atoms with Gasteiger partial charge in [0, 0.05) is 4.88 Å². The van der Waals surface area contributed by atoms with E-state index in [1.54, 1.807) is 11.3 Å². The Kier molecular flexibility index (Phi) is 4.05. The van der Waals surface area contributed by atoms with Crippen LogP contribution in [0.2, 0.25) is 0 Å². The van der Waals surface area contributed by atoms with E-state index >= 15 is 0 Å². The van der Waals surface area contributed by atoms with E-state index in [0.717, 1.165) is 17.7 Å². The summed E-state index contributed by atoms with van der Waals surface area (Å²) in [5, 5.41) is 11.5. The van der Waals surface area contributed by atoms with Gasteiger partial charge in [0.1, 0.15) is 6.10 Å². The fraction of sp³-hybridized carbons (Fsp3) is 0.400. The fourth-order valence-electron chi connectivity index (χ4n) is 0.946. The highest BCUT2D eigenvalue weighted by atomic mass is 32.1. The van der Waals surface area contributed by atoms with Gasteiger partial charge in [0.05, 0.1) is 0 Å². The van der Waals surface area contributed by atoms with Gasteiger partial charge >= 0.3 is 0 Å². The highest BCUT2D eigenvalue weighted by Gasteiger charge is 2.01. The smallest absolute Gasteiger partial charge is 0.106 e. The van der Waals surface area contributed by atoms with Crippen LogP contribution in [0.25, 0.3) is 0 Å². The predicted octanol–water partition coefficient (Wildman–Crippen LogP) is 3.14. The van der Waals surface area contributed by atoms with Gasteiger partial charge in [0.15, 0.2) is 0 Å². The van der Waals surface area contributed by atoms with Crippen molar-refractivity contribution in [1.29, 1.82) is 0 Å². The molecule has 1 N–H and O–H groups in total. The molecule has 66 valence electrons. The second-order valence-electron chi connectivity index (χ2n) is 2.68.